The van der Waals surface area contributed by atoms with Gasteiger partial charge in [0.25, 0.3) is 0 Å². The van der Waals surface area contributed by atoms with E-state index in [0.29, 0.717) is 11.7 Å². The maximum absolute atomic E-state index is 13.1. The fourth-order valence-corrected chi connectivity index (χ4v) is 5.52. The van der Waals surface area contributed by atoms with Crippen LogP contribution in [0.4, 0.5) is 4.39 Å². The first-order chi connectivity index (χ1) is 17.2. The highest BCUT2D eigenvalue weighted by Crippen LogP contribution is 2.38. The molecule has 3 aromatic rings. The van der Waals surface area contributed by atoms with E-state index in [1.165, 1.54) is 101 Å². The largest absolute Gasteiger partial charge is 0.236 e. The first-order valence-corrected chi connectivity index (χ1v) is 13.9. The molecule has 2 aromatic carbocycles. The molecule has 0 spiro atoms. The molecule has 1 fully saturated rings. The summed E-state index contributed by atoms with van der Waals surface area (Å²) in [6, 6.07) is 15.3. The molecule has 186 valence electrons. The second kappa shape index (κ2) is 13.5. The van der Waals surface area contributed by atoms with Crippen molar-refractivity contribution in [3.63, 3.8) is 0 Å². The number of hydrogen-bond acceptors (Lipinski definition) is 2. The van der Waals surface area contributed by atoms with Crippen LogP contribution in [0.2, 0.25) is 0 Å². The van der Waals surface area contributed by atoms with Gasteiger partial charge >= 0.3 is 0 Å². The zero-order valence-electron chi connectivity index (χ0n) is 21.4. The topological polar surface area (TPSA) is 25.8 Å². The highest BCUT2D eigenvalue weighted by Gasteiger charge is 2.22. The lowest BCUT2D eigenvalue weighted by Gasteiger charge is -2.29. The van der Waals surface area contributed by atoms with Crippen LogP contribution >= 0.6 is 0 Å². The fourth-order valence-electron chi connectivity index (χ4n) is 5.52. The van der Waals surface area contributed by atoms with Crippen LogP contribution < -0.4 is 0 Å². The van der Waals surface area contributed by atoms with Crippen LogP contribution in [-0.4, -0.2) is 9.97 Å². The Bertz CT molecular complexity index is 987. The predicted octanol–water partition coefficient (Wildman–Crippen LogP) is 9.75. The lowest BCUT2D eigenvalue weighted by atomic mass is 9.77. The van der Waals surface area contributed by atoms with E-state index < -0.39 is 0 Å². The molecular weight excluding hydrogens is 431 g/mol. The standard InChI is InChI=1S/C32H41FN2/c1-2-3-4-5-6-7-8-9-10-25-11-13-26(14-12-25)27-15-17-28(18-16-27)30-23-34-32(35-24-30)29-19-21-31(33)22-20-29/h15-26H,2-14H2,1H3/t25-,26-. The summed E-state index contributed by atoms with van der Waals surface area (Å²) in [5, 5.41) is 0. The minimum absolute atomic E-state index is 0.248. The Balaban J connectivity index is 1.20. The third-order valence-electron chi connectivity index (χ3n) is 7.78. The zero-order valence-corrected chi connectivity index (χ0v) is 21.4. The van der Waals surface area contributed by atoms with E-state index in [9.17, 15) is 4.39 Å². The lowest BCUT2D eigenvalue weighted by molar-refractivity contribution is 0.302. The van der Waals surface area contributed by atoms with Gasteiger partial charge in [0.05, 0.1) is 0 Å². The second-order valence-corrected chi connectivity index (χ2v) is 10.4. The second-order valence-electron chi connectivity index (χ2n) is 10.4. The van der Waals surface area contributed by atoms with Crippen LogP contribution in [-0.2, 0) is 0 Å². The van der Waals surface area contributed by atoms with E-state index in [-0.39, 0.29) is 5.82 Å². The van der Waals surface area contributed by atoms with Crippen LogP contribution in [0.5, 0.6) is 0 Å². The van der Waals surface area contributed by atoms with E-state index in [0.717, 1.165) is 22.6 Å². The zero-order chi connectivity index (χ0) is 24.3. The summed E-state index contributed by atoms with van der Waals surface area (Å²) in [4.78, 5) is 8.99. The van der Waals surface area contributed by atoms with Crippen molar-refractivity contribution >= 4 is 0 Å². The number of unbranched alkanes of at least 4 members (excludes halogenated alkanes) is 7. The molecule has 35 heavy (non-hydrogen) atoms. The maximum Gasteiger partial charge on any atom is 0.159 e. The van der Waals surface area contributed by atoms with E-state index in [1.807, 2.05) is 12.4 Å². The first kappa shape index (κ1) is 25.5. The van der Waals surface area contributed by atoms with Crippen molar-refractivity contribution in [2.75, 3.05) is 0 Å². The van der Waals surface area contributed by atoms with Crippen LogP contribution in [0.3, 0.4) is 0 Å². The summed E-state index contributed by atoms with van der Waals surface area (Å²) in [7, 11) is 0. The molecule has 0 bridgehead atoms. The molecule has 1 aliphatic carbocycles. The van der Waals surface area contributed by atoms with Gasteiger partial charge in [-0.25, -0.2) is 14.4 Å². The van der Waals surface area contributed by atoms with E-state index in [1.54, 1.807) is 12.1 Å². The van der Waals surface area contributed by atoms with E-state index in [2.05, 4.69) is 41.2 Å². The summed E-state index contributed by atoms with van der Waals surface area (Å²) >= 11 is 0. The van der Waals surface area contributed by atoms with Gasteiger partial charge in [-0.2, -0.15) is 0 Å². The number of benzene rings is 2. The number of hydrogen-bond donors (Lipinski definition) is 0. The highest BCUT2D eigenvalue weighted by molar-refractivity contribution is 5.64. The Kier molecular flexibility index (Phi) is 9.86. The molecule has 0 N–H and O–H groups in total. The molecule has 0 atom stereocenters. The van der Waals surface area contributed by atoms with Crippen molar-refractivity contribution in [2.45, 2.75) is 96.3 Å². The smallest absolute Gasteiger partial charge is 0.159 e. The number of halogens is 1. The lowest BCUT2D eigenvalue weighted by Crippen LogP contribution is -2.13. The van der Waals surface area contributed by atoms with Crippen molar-refractivity contribution in [3.05, 3.63) is 72.3 Å². The van der Waals surface area contributed by atoms with Crippen molar-refractivity contribution < 1.29 is 4.39 Å². The van der Waals surface area contributed by atoms with Gasteiger partial charge < -0.3 is 0 Å². The highest BCUT2D eigenvalue weighted by atomic mass is 19.1. The minimum Gasteiger partial charge on any atom is -0.236 e. The molecule has 0 radical (unpaired) electrons. The summed E-state index contributed by atoms with van der Waals surface area (Å²) in [6.45, 7) is 2.29. The Labute approximate surface area is 211 Å². The molecule has 0 unspecified atom stereocenters. The minimum atomic E-state index is -0.248. The number of nitrogens with zero attached hydrogens (tertiary/aromatic N) is 2. The van der Waals surface area contributed by atoms with Gasteiger partial charge in [-0.05, 0) is 72.9 Å². The van der Waals surface area contributed by atoms with Crippen molar-refractivity contribution in [3.8, 4) is 22.5 Å². The molecule has 4 rings (SSSR count). The molecule has 0 aliphatic heterocycles. The maximum atomic E-state index is 13.1. The Hall–Kier alpha value is -2.55. The number of rotatable bonds is 12. The SMILES string of the molecule is CCCCCCCCCC[C@H]1CC[C@H](c2ccc(-c3cnc(-c4ccc(F)cc4)nc3)cc2)CC1. The monoisotopic (exact) mass is 472 g/mol. The average Bonchev–Trinajstić information content (AvgIpc) is 2.91. The summed E-state index contributed by atoms with van der Waals surface area (Å²) in [5.41, 5.74) is 4.45. The van der Waals surface area contributed by atoms with Gasteiger partial charge in [0.1, 0.15) is 5.82 Å². The van der Waals surface area contributed by atoms with Gasteiger partial charge in [-0.1, -0.05) is 89.0 Å². The fraction of sp³-hybridized carbons (Fsp3) is 0.500. The van der Waals surface area contributed by atoms with Gasteiger partial charge in [0, 0.05) is 23.5 Å². The molecule has 1 saturated carbocycles. The predicted molar refractivity (Wildman–Crippen MR) is 145 cm³/mol. The summed E-state index contributed by atoms with van der Waals surface area (Å²) in [5.74, 6) is 2.02. The molecular formula is C32H41FN2. The van der Waals surface area contributed by atoms with Crippen LogP contribution in [0, 0.1) is 11.7 Å². The van der Waals surface area contributed by atoms with Crippen molar-refractivity contribution in [2.24, 2.45) is 5.92 Å². The Morgan fingerprint density at radius 3 is 1.86 bits per heavy atom. The molecule has 1 aliphatic rings. The summed E-state index contributed by atoms with van der Waals surface area (Å²) < 4.78 is 13.1. The average molecular weight is 473 g/mol. The van der Waals surface area contributed by atoms with E-state index in [4.69, 9.17) is 0 Å². The quantitative estimate of drug-likeness (QED) is 0.245. The molecule has 1 heterocycles. The molecule has 2 nitrogen and oxygen atoms in total. The molecule has 1 aromatic heterocycles. The molecule has 3 heteroatoms. The molecule has 0 saturated heterocycles. The van der Waals surface area contributed by atoms with Gasteiger partial charge in [-0.3, -0.25) is 0 Å². The third-order valence-corrected chi connectivity index (χ3v) is 7.78. The normalized spacial score (nSPS) is 18.0. The van der Waals surface area contributed by atoms with Crippen molar-refractivity contribution in [1.82, 2.24) is 9.97 Å². The van der Waals surface area contributed by atoms with Crippen LogP contribution in [0.15, 0.2) is 60.9 Å². The Morgan fingerprint density at radius 1 is 0.657 bits per heavy atom. The Morgan fingerprint density at radius 2 is 1.23 bits per heavy atom. The third kappa shape index (κ3) is 7.72. The van der Waals surface area contributed by atoms with Gasteiger partial charge in [0.15, 0.2) is 5.82 Å². The number of aromatic nitrogens is 2. The van der Waals surface area contributed by atoms with Crippen LogP contribution in [0.1, 0.15) is 102 Å². The van der Waals surface area contributed by atoms with Crippen LogP contribution in [0.25, 0.3) is 22.5 Å². The molecule has 0 amide bonds. The van der Waals surface area contributed by atoms with Gasteiger partial charge in [0.2, 0.25) is 0 Å². The van der Waals surface area contributed by atoms with E-state index >= 15 is 0 Å². The van der Waals surface area contributed by atoms with Crippen molar-refractivity contribution in [1.29, 1.82) is 0 Å². The first-order valence-electron chi connectivity index (χ1n) is 13.9. The summed E-state index contributed by atoms with van der Waals surface area (Å²) in [6.07, 6.45) is 22.0. The van der Waals surface area contributed by atoms with Gasteiger partial charge in [-0.15, -0.1) is 0 Å².